The molecule has 49 heavy (non-hydrogen) atoms. The molecule has 0 aliphatic carbocycles. The van der Waals surface area contributed by atoms with E-state index in [1.165, 1.54) is 28.2 Å². The number of allylic oxidation sites excluding steroid dienone is 2. The third-order valence-electron chi connectivity index (χ3n) is 8.45. The molecule has 0 amide bonds. The highest BCUT2D eigenvalue weighted by Gasteiger charge is 2.38. The van der Waals surface area contributed by atoms with Gasteiger partial charge in [-0.1, -0.05) is 79.7 Å². The van der Waals surface area contributed by atoms with Crippen LogP contribution in [0, 0.1) is 10.1 Å². The van der Waals surface area contributed by atoms with E-state index < -0.39 is 22.8 Å². The summed E-state index contributed by atoms with van der Waals surface area (Å²) in [5, 5.41) is 14.8. The molecule has 0 saturated carbocycles. The molecular weight excluding hydrogens is 646 g/mol. The summed E-state index contributed by atoms with van der Waals surface area (Å²) in [6, 6.07) is 26.9. The number of nitrogens with zero attached hydrogens (tertiary/aromatic N) is 1. The highest BCUT2D eigenvalue weighted by molar-refractivity contribution is 6.00. The first-order valence-electron chi connectivity index (χ1n) is 16.5. The number of likely N-dealkylation sites (N-methyl/N-ethyl adjacent to an activating group) is 1. The summed E-state index contributed by atoms with van der Waals surface area (Å²) in [6.45, 7) is 7.83. The van der Waals surface area contributed by atoms with Crippen molar-refractivity contribution in [2.75, 3.05) is 46.6 Å². The minimum Gasteiger partial charge on any atom is -1.00 e. The number of benzene rings is 3. The van der Waals surface area contributed by atoms with Gasteiger partial charge in [0.1, 0.15) is 19.8 Å². The number of non-ortho nitro benzene ring substituents is 1. The van der Waals surface area contributed by atoms with Crippen LogP contribution in [0.15, 0.2) is 107 Å². The van der Waals surface area contributed by atoms with Gasteiger partial charge in [-0.15, -0.1) is 0 Å². The van der Waals surface area contributed by atoms with E-state index in [2.05, 4.69) is 60.9 Å². The minimum absolute atomic E-state index is 0. The molecule has 2 atom stereocenters. The Morgan fingerprint density at radius 3 is 1.94 bits per heavy atom. The highest BCUT2D eigenvalue weighted by atomic mass is 35.5. The third-order valence-corrected chi connectivity index (χ3v) is 8.45. The summed E-state index contributed by atoms with van der Waals surface area (Å²) in [5.74, 6) is -1.91. The number of carbonyl (C=O) groups excluding carboxylic acids is 2. The Bertz CT molecular complexity index is 1570. The second kappa shape index (κ2) is 19.5. The number of halogens is 1. The van der Waals surface area contributed by atoms with Gasteiger partial charge >= 0.3 is 11.9 Å². The van der Waals surface area contributed by atoms with Crippen molar-refractivity contribution in [2.24, 2.45) is 0 Å². The minimum atomic E-state index is -0.926. The van der Waals surface area contributed by atoms with Gasteiger partial charge in [0.25, 0.3) is 5.69 Å². The van der Waals surface area contributed by atoms with Crippen LogP contribution in [0.2, 0.25) is 0 Å². The zero-order valence-electron chi connectivity index (χ0n) is 28.6. The summed E-state index contributed by atoms with van der Waals surface area (Å²) in [5.41, 5.74) is 4.19. The van der Waals surface area contributed by atoms with Crippen molar-refractivity contribution < 1.29 is 46.0 Å². The summed E-state index contributed by atoms with van der Waals surface area (Å²) in [6.07, 6.45) is 1.75. The number of nitro groups is 1. The molecule has 2 N–H and O–H groups in total. The number of esters is 2. The Balaban J connectivity index is 0.00000650. The van der Waals surface area contributed by atoms with Gasteiger partial charge in [-0.25, -0.2) is 9.59 Å². The van der Waals surface area contributed by atoms with Crippen LogP contribution in [0.3, 0.4) is 0 Å². The van der Waals surface area contributed by atoms with Crippen LogP contribution in [0.4, 0.5) is 5.69 Å². The molecule has 3 aromatic carbocycles. The number of dihydropyridines is 1. The topological polar surface area (TPSA) is 121 Å². The molecule has 0 fully saturated rings. The molecular formula is C38H46ClN3O7. The Kier molecular flexibility index (Phi) is 15.5. The predicted molar refractivity (Wildman–Crippen MR) is 183 cm³/mol. The smallest absolute Gasteiger partial charge is 0.336 e. The molecule has 1 aliphatic heterocycles. The molecule has 11 heteroatoms. The Hall–Kier alpha value is -4.51. The van der Waals surface area contributed by atoms with Crippen molar-refractivity contribution in [3.05, 3.63) is 134 Å². The number of nitro benzene ring substituents is 1. The quantitative estimate of drug-likeness (QED) is 0.0956. The van der Waals surface area contributed by atoms with E-state index >= 15 is 0 Å². The number of hydrogen-bond donors (Lipinski definition) is 2. The predicted octanol–water partition coefficient (Wildman–Crippen LogP) is 2.08. The molecule has 1 aliphatic rings. The lowest BCUT2D eigenvalue weighted by Gasteiger charge is -2.30. The fourth-order valence-corrected chi connectivity index (χ4v) is 6.01. The first-order chi connectivity index (χ1) is 23.2. The average Bonchev–Trinajstić information content (AvgIpc) is 3.08. The zero-order valence-corrected chi connectivity index (χ0v) is 29.3. The van der Waals surface area contributed by atoms with Crippen LogP contribution in [0.1, 0.15) is 62.1 Å². The molecule has 0 spiro atoms. The second-order valence-electron chi connectivity index (χ2n) is 12.0. The van der Waals surface area contributed by atoms with Gasteiger partial charge in [0.15, 0.2) is 0 Å². The molecule has 3 aromatic rings. The van der Waals surface area contributed by atoms with Gasteiger partial charge in [0.2, 0.25) is 0 Å². The first kappa shape index (κ1) is 38.9. The highest BCUT2D eigenvalue weighted by Crippen LogP contribution is 2.40. The fraction of sp³-hybridized carbons (Fsp3) is 0.368. The maximum absolute atomic E-state index is 13.8. The summed E-state index contributed by atoms with van der Waals surface area (Å²) < 4.78 is 16.8. The normalized spacial score (nSPS) is 14.9. The standard InChI is InChI=1S/C38H45N3O7.ClH/c1-5-22-46-24-25-48-38(43)35-28(3)39-27(2)34(36(35)31-17-12-18-32(26-31)41(44)45)37(42)47-23-21-40(4)20-19-33(29-13-8-6-9-14-29)30-15-10-7-11-16-30;/h6-18,26,33,36,39H,5,19-25H2,1-4H3;1H. The maximum Gasteiger partial charge on any atom is 0.336 e. The number of hydrogen-bond acceptors (Lipinski definition) is 8. The van der Waals surface area contributed by atoms with Gasteiger partial charge in [0, 0.05) is 42.5 Å². The van der Waals surface area contributed by atoms with Crippen molar-refractivity contribution in [2.45, 2.75) is 45.4 Å². The van der Waals surface area contributed by atoms with E-state index in [-0.39, 0.29) is 55.0 Å². The molecule has 4 rings (SSSR count). The van der Waals surface area contributed by atoms with E-state index in [0.29, 0.717) is 30.1 Å². The molecule has 0 radical (unpaired) electrons. The van der Waals surface area contributed by atoms with E-state index in [4.69, 9.17) is 14.2 Å². The SMILES string of the molecule is CCCOCCOC(=O)C1=C(C)NC(C)=C(C(=O)OCC[NH+](C)CCC(c2ccccc2)c2ccccc2)C1c1cccc([N+](=O)[O-])c1.[Cl-]. The molecule has 0 saturated heterocycles. The third kappa shape index (κ3) is 10.7. The van der Waals surface area contributed by atoms with Crippen LogP contribution in [-0.4, -0.2) is 63.4 Å². The average molecular weight is 692 g/mol. The first-order valence-corrected chi connectivity index (χ1v) is 16.5. The largest absolute Gasteiger partial charge is 1.00 e. The van der Waals surface area contributed by atoms with Crippen LogP contribution in [0.25, 0.3) is 0 Å². The van der Waals surface area contributed by atoms with Gasteiger partial charge in [-0.2, -0.15) is 0 Å². The molecule has 0 bridgehead atoms. The van der Waals surface area contributed by atoms with Crippen LogP contribution < -0.4 is 22.6 Å². The van der Waals surface area contributed by atoms with Gasteiger partial charge in [-0.05, 0) is 37.0 Å². The summed E-state index contributed by atoms with van der Waals surface area (Å²) in [4.78, 5) is 39.6. The van der Waals surface area contributed by atoms with Gasteiger partial charge in [0.05, 0.1) is 42.2 Å². The Morgan fingerprint density at radius 1 is 0.816 bits per heavy atom. The summed E-state index contributed by atoms with van der Waals surface area (Å²) >= 11 is 0. The summed E-state index contributed by atoms with van der Waals surface area (Å²) in [7, 11) is 2.07. The Labute approximate surface area is 294 Å². The second-order valence-corrected chi connectivity index (χ2v) is 12.0. The van der Waals surface area contributed by atoms with Crippen LogP contribution in [-0.2, 0) is 23.8 Å². The lowest BCUT2D eigenvalue weighted by molar-refractivity contribution is -0.880. The lowest BCUT2D eigenvalue weighted by atomic mass is 9.80. The lowest BCUT2D eigenvalue weighted by Crippen LogP contribution is -3.09. The number of rotatable bonds is 17. The number of quaternary nitrogens is 1. The number of carbonyl (C=O) groups is 2. The molecule has 0 aromatic heterocycles. The maximum atomic E-state index is 13.8. The molecule has 262 valence electrons. The van der Waals surface area contributed by atoms with Crippen molar-refractivity contribution in [3.8, 4) is 0 Å². The molecule has 10 nitrogen and oxygen atoms in total. The van der Waals surface area contributed by atoms with Crippen molar-refractivity contribution >= 4 is 17.6 Å². The van der Waals surface area contributed by atoms with E-state index in [9.17, 15) is 19.7 Å². The number of ether oxygens (including phenoxy) is 3. The zero-order chi connectivity index (χ0) is 34.5. The molecule has 2 unspecified atom stereocenters. The number of nitrogens with one attached hydrogen (secondary N) is 2. The van der Waals surface area contributed by atoms with Crippen LogP contribution in [0.5, 0.6) is 0 Å². The van der Waals surface area contributed by atoms with E-state index in [0.717, 1.165) is 19.4 Å². The van der Waals surface area contributed by atoms with Crippen molar-refractivity contribution in [1.29, 1.82) is 0 Å². The van der Waals surface area contributed by atoms with Crippen molar-refractivity contribution in [1.82, 2.24) is 5.32 Å². The van der Waals surface area contributed by atoms with Gasteiger partial charge in [-0.3, -0.25) is 10.1 Å². The van der Waals surface area contributed by atoms with E-state index in [1.807, 2.05) is 19.1 Å². The van der Waals surface area contributed by atoms with Crippen LogP contribution >= 0.6 is 0 Å². The van der Waals surface area contributed by atoms with E-state index in [1.54, 1.807) is 26.0 Å². The Morgan fingerprint density at radius 2 is 1.39 bits per heavy atom. The van der Waals surface area contributed by atoms with Gasteiger partial charge < -0.3 is 36.8 Å². The fourth-order valence-electron chi connectivity index (χ4n) is 6.01. The monoisotopic (exact) mass is 691 g/mol. The molecule has 1 heterocycles. The van der Waals surface area contributed by atoms with Crippen molar-refractivity contribution in [3.63, 3.8) is 0 Å².